The van der Waals surface area contributed by atoms with Gasteiger partial charge in [0.15, 0.2) is 5.78 Å². The van der Waals surface area contributed by atoms with E-state index in [-0.39, 0.29) is 5.78 Å². The molecule has 0 aliphatic rings. The molecule has 3 aromatic rings. The van der Waals surface area contributed by atoms with Crippen LogP contribution in [-0.4, -0.2) is 15.8 Å². The highest BCUT2D eigenvalue weighted by atomic mass is 79.9. The number of halogens is 2. The van der Waals surface area contributed by atoms with E-state index in [2.05, 4.69) is 25.9 Å². The van der Waals surface area contributed by atoms with Crippen LogP contribution in [0.25, 0.3) is 11.0 Å². The van der Waals surface area contributed by atoms with Crippen LogP contribution in [0, 0.1) is 0 Å². The van der Waals surface area contributed by atoms with Crippen molar-refractivity contribution < 1.29 is 4.79 Å². The average Bonchev–Trinajstić information content (AvgIpc) is 2.84. The van der Waals surface area contributed by atoms with E-state index >= 15 is 0 Å². The molecule has 5 heteroatoms. The Morgan fingerprint density at radius 3 is 3.00 bits per heavy atom. The molecule has 2 heterocycles. The number of nitrogens with one attached hydrogen (secondary N) is 1. The van der Waals surface area contributed by atoms with Crippen molar-refractivity contribution in [3.63, 3.8) is 0 Å². The lowest BCUT2D eigenvalue weighted by atomic mass is 10.0. The van der Waals surface area contributed by atoms with E-state index in [4.69, 9.17) is 11.6 Å². The third kappa shape index (κ3) is 2.49. The zero-order chi connectivity index (χ0) is 14.1. The van der Waals surface area contributed by atoms with Crippen molar-refractivity contribution >= 4 is 44.3 Å². The first-order chi connectivity index (χ1) is 9.65. The third-order valence-electron chi connectivity index (χ3n) is 3.08. The molecule has 3 rings (SSSR count). The summed E-state index contributed by atoms with van der Waals surface area (Å²) in [5, 5.41) is 1.23. The van der Waals surface area contributed by atoms with Crippen LogP contribution in [0.15, 0.2) is 47.2 Å². The molecule has 3 nitrogen and oxygen atoms in total. The summed E-state index contributed by atoms with van der Waals surface area (Å²) in [6.45, 7) is 0. The Hall–Kier alpha value is -1.65. The van der Waals surface area contributed by atoms with E-state index in [1.165, 1.54) is 0 Å². The molecule has 0 aliphatic heterocycles. The molecule has 0 bridgehead atoms. The smallest absolute Gasteiger partial charge is 0.169 e. The predicted molar refractivity (Wildman–Crippen MR) is 83.3 cm³/mol. The van der Waals surface area contributed by atoms with Crippen LogP contribution in [0.2, 0.25) is 5.02 Å². The zero-order valence-corrected chi connectivity index (χ0v) is 12.7. The van der Waals surface area contributed by atoms with Crippen LogP contribution in [0.5, 0.6) is 0 Å². The number of aromatic amines is 1. The molecule has 1 aromatic carbocycles. The fourth-order valence-corrected chi connectivity index (χ4v) is 2.86. The highest BCUT2D eigenvalue weighted by Gasteiger charge is 2.15. The van der Waals surface area contributed by atoms with Gasteiger partial charge >= 0.3 is 0 Å². The second kappa shape index (κ2) is 5.38. The second-order valence-corrected chi connectivity index (χ2v) is 5.77. The molecule has 0 amide bonds. The van der Waals surface area contributed by atoms with Crippen molar-refractivity contribution in [2.45, 2.75) is 6.42 Å². The maximum Gasteiger partial charge on any atom is 0.169 e. The van der Waals surface area contributed by atoms with E-state index in [0.717, 1.165) is 10.0 Å². The van der Waals surface area contributed by atoms with Gasteiger partial charge < -0.3 is 4.98 Å². The number of hydrogen-bond donors (Lipinski definition) is 1. The number of H-pyrrole nitrogens is 1. The van der Waals surface area contributed by atoms with Crippen molar-refractivity contribution in [1.29, 1.82) is 0 Å². The molecular weight excluding hydrogens is 340 g/mol. The minimum Gasteiger partial charge on any atom is -0.345 e. The van der Waals surface area contributed by atoms with Gasteiger partial charge in [0.25, 0.3) is 0 Å². The molecule has 20 heavy (non-hydrogen) atoms. The molecule has 1 N–H and O–H groups in total. The van der Waals surface area contributed by atoms with Crippen molar-refractivity contribution in [3.05, 3.63) is 63.3 Å². The number of Topliss-reactive ketones (excluding diaryl/α,β-unsaturated/α-hetero) is 1. The minimum absolute atomic E-state index is 0.0178. The number of ketones is 1. The van der Waals surface area contributed by atoms with Crippen molar-refractivity contribution in [2.75, 3.05) is 0 Å². The normalized spacial score (nSPS) is 10.9. The summed E-state index contributed by atoms with van der Waals surface area (Å²) in [5.41, 5.74) is 2.17. The first-order valence-corrected chi connectivity index (χ1v) is 7.21. The van der Waals surface area contributed by atoms with Gasteiger partial charge in [0.05, 0.1) is 5.02 Å². The Labute approximate surface area is 129 Å². The van der Waals surface area contributed by atoms with Crippen LogP contribution in [0.1, 0.15) is 15.9 Å². The van der Waals surface area contributed by atoms with Gasteiger partial charge in [-0.3, -0.25) is 4.79 Å². The molecule has 0 radical (unpaired) electrons. The van der Waals surface area contributed by atoms with Crippen molar-refractivity contribution in [3.8, 4) is 0 Å². The SMILES string of the molecule is O=C(Cc1cccc(Br)c1)c1c[nH]c2nccc(Cl)c12. The van der Waals surface area contributed by atoms with E-state index in [9.17, 15) is 4.79 Å². The number of hydrogen-bond acceptors (Lipinski definition) is 2. The summed E-state index contributed by atoms with van der Waals surface area (Å²) in [5.74, 6) is 0.0178. The Balaban J connectivity index is 1.97. The number of fused-ring (bicyclic) bond motifs is 1. The van der Waals surface area contributed by atoms with E-state index in [1.54, 1.807) is 18.5 Å². The van der Waals surface area contributed by atoms with E-state index < -0.39 is 0 Å². The third-order valence-corrected chi connectivity index (χ3v) is 3.89. The van der Waals surface area contributed by atoms with Gasteiger partial charge in [0, 0.05) is 34.2 Å². The van der Waals surface area contributed by atoms with Gasteiger partial charge in [-0.1, -0.05) is 39.7 Å². The largest absolute Gasteiger partial charge is 0.345 e. The quantitative estimate of drug-likeness (QED) is 0.712. The lowest BCUT2D eigenvalue weighted by molar-refractivity contribution is 0.0994. The fraction of sp³-hybridized carbons (Fsp3) is 0.0667. The summed E-state index contributed by atoms with van der Waals surface area (Å²) in [6, 6.07) is 9.40. The van der Waals surface area contributed by atoms with Crippen LogP contribution in [-0.2, 0) is 6.42 Å². The van der Waals surface area contributed by atoms with Crippen LogP contribution >= 0.6 is 27.5 Å². The first-order valence-electron chi connectivity index (χ1n) is 6.04. The minimum atomic E-state index is 0.0178. The molecule has 2 aromatic heterocycles. The molecule has 0 unspecified atom stereocenters. The number of carbonyl (C=O) groups is 1. The highest BCUT2D eigenvalue weighted by molar-refractivity contribution is 9.10. The second-order valence-electron chi connectivity index (χ2n) is 4.45. The fourth-order valence-electron chi connectivity index (χ4n) is 2.16. The summed E-state index contributed by atoms with van der Waals surface area (Å²) in [4.78, 5) is 19.6. The van der Waals surface area contributed by atoms with Crippen LogP contribution in [0.3, 0.4) is 0 Å². The monoisotopic (exact) mass is 348 g/mol. The summed E-state index contributed by atoms with van der Waals surface area (Å²) >= 11 is 9.56. The number of aromatic nitrogens is 2. The average molecular weight is 350 g/mol. The van der Waals surface area contributed by atoms with Crippen LogP contribution < -0.4 is 0 Å². The predicted octanol–water partition coefficient (Wildman–Crippen LogP) is 4.40. The number of benzene rings is 1. The van der Waals surface area contributed by atoms with Crippen LogP contribution in [0.4, 0.5) is 0 Å². The number of nitrogens with zero attached hydrogens (tertiary/aromatic N) is 1. The summed E-state index contributed by atoms with van der Waals surface area (Å²) in [7, 11) is 0. The number of rotatable bonds is 3. The molecule has 0 saturated carbocycles. The van der Waals surface area contributed by atoms with Crippen molar-refractivity contribution in [1.82, 2.24) is 9.97 Å². The summed E-state index contributed by atoms with van der Waals surface area (Å²) in [6.07, 6.45) is 3.62. The molecule has 0 atom stereocenters. The number of carbonyl (C=O) groups excluding carboxylic acids is 1. The van der Waals surface area contributed by atoms with Gasteiger partial charge in [-0.2, -0.15) is 0 Å². The van der Waals surface area contributed by atoms with E-state index in [1.807, 2.05) is 24.3 Å². The number of pyridine rings is 1. The van der Waals surface area contributed by atoms with Gasteiger partial charge in [-0.25, -0.2) is 4.98 Å². The molecule has 0 saturated heterocycles. The molecule has 0 fully saturated rings. The zero-order valence-electron chi connectivity index (χ0n) is 10.4. The molecular formula is C15H10BrClN2O. The van der Waals surface area contributed by atoms with E-state index in [0.29, 0.717) is 28.0 Å². The molecule has 100 valence electrons. The molecule has 0 aliphatic carbocycles. The van der Waals surface area contributed by atoms with Gasteiger partial charge in [0.1, 0.15) is 5.65 Å². The van der Waals surface area contributed by atoms with Gasteiger partial charge in [-0.05, 0) is 23.8 Å². The lowest BCUT2D eigenvalue weighted by Gasteiger charge is -2.02. The molecule has 0 spiro atoms. The first kappa shape index (κ1) is 13.3. The Kier molecular flexibility index (Phi) is 3.59. The maximum atomic E-state index is 12.4. The lowest BCUT2D eigenvalue weighted by Crippen LogP contribution is -2.03. The topological polar surface area (TPSA) is 45.8 Å². The Morgan fingerprint density at radius 1 is 1.35 bits per heavy atom. The highest BCUT2D eigenvalue weighted by Crippen LogP contribution is 2.26. The van der Waals surface area contributed by atoms with Gasteiger partial charge in [-0.15, -0.1) is 0 Å². The van der Waals surface area contributed by atoms with Crippen molar-refractivity contribution in [2.24, 2.45) is 0 Å². The Bertz CT molecular complexity index is 797. The van der Waals surface area contributed by atoms with Gasteiger partial charge in [0.2, 0.25) is 0 Å². The Morgan fingerprint density at radius 2 is 2.20 bits per heavy atom. The maximum absolute atomic E-state index is 12.4. The standard InChI is InChI=1S/C15H10BrClN2O/c16-10-3-1-2-9(6-10)7-13(20)11-8-19-15-14(11)12(17)4-5-18-15/h1-6,8H,7H2,(H,18,19). The summed E-state index contributed by atoms with van der Waals surface area (Å²) < 4.78 is 0.960.